The molecule has 7 heteroatoms. The molecule has 0 unspecified atom stereocenters. The topological polar surface area (TPSA) is 101 Å². The highest BCUT2D eigenvalue weighted by atomic mass is 16.5. The van der Waals surface area contributed by atoms with Gasteiger partial charge in [0, 0.05) is 11.5 Å². The van der Waals surface area contributed by atoms with Crippen molar-refractivity contribution in [3.05, 3.63) is 10.4 Å². The first-order valence-electron chi connectivity index (χ1n) is 3.94. The summed E-state index contributed by atoms with van der Waals surface area (Å²) in [5.74, 6) is -1.28. The van der Waals surface area contributed by atoms with E-state index in [1.807, 2.05) is 0 Å². The molecular weight excluding hydrogens is 190 g/mol. The average molecular weight is 201 g/mol. The molecule has 0 heterocycles. The Balaban J connectivity index is 3.44. The van der Waals surface area contributed by atoms with Crippen molar-refractivity contribution in [2.24, 2.45) is 5.11 Å². The van der Waals surface area contributed by atoms with Gasteiger partial charge in [-0.1, -0.05) is 5.11 Å². The summed E-state index contributed by atoms with van der Waals surface area (Å²) in [6.07, 6.45) is 0.0506. The summed E-state index contributed by atoms with van der Waals surface area (Å²) in [5.41, 5.74) is 7.92. The molecule has 0 aliphatic carbocycles. The number of hydrogen-bond donors (Lipinski definition) is 0. The van der Waals surface area contributed by atoms with Crippen LogP contribution in [-0.2, 0) is 19.1 Å². The summed E-state index contributed by atoms with van der Waals surface area (Å²) < 4.78 is 8.90. The SMILES string of the molecule is COC(=O)CC(=O)OCCCN=[N+]=[N-]. The van der Waals surface area contributed by atoms with Crippen molar-refractivity contribution in [1.82, 2.24) is 0 Å². The summed E-state index contributed by atoms with van der Waals surface area (Å²) in [4.78, 5) is 23.9. The van der Waals surface area contributed by atoms with Crippen molar-refractivity contribution in [3.63, 3.8) is 0 Å². The zero-order chi connectivity index (χ0) is 10.8. The Morgan fingerprint density at radius 1 is 1.43 bits per heavy atom. The van der Waals surface area contributed by atoms with E-state index in [0.29, 0.717) is 6.42 Å². The van der Waals surface area contributed by atoms with Crippen LogP contribution in [0.25, 0.3) is 10.4 Å². The molecule has 14 heavy (non-hydrogen) atoms. The molecule has 0 saturated carbocycles. The molecule has 0 saturated heterocycles. The number of azide groups is 1. The van der Waals surface area contributed by atoms with Crippen molar-refractivity contribution in [1.29, 1.82) is 0 Å². The van der Waals surface area contributed by atoms with Gasteiger partial charge in [-0.05, 0) is 12.0 Å². The number of carbonyl (C=O) groups is 2. The summed E-state index contributed by atoms with van der Waals surface area (Å²) in [6.45, 7) is 0.400. The molecule has 0 bridgehead atoms. The third kappa shape index (κ3) is 6.93. The Bertz CT molecular complexity index is 247. The highest BCUT2D eigenvalue weighted by Crippen LogP contribution is 1.91. The lowest BCUT2D eigenvalue weighted by Crippen LogP contribution is -2.13. The van der Waals surface area contributed by atoms with Gasteiger partial charge in [0.25, 0.3) is 0 Å². The van der Waals surface area contributed by atoms with Crippen LogP contribution in [0.2, 0.25) is 0 Å². The van der Waals surface area contributed by atoms with Crippen LogP contribution < -0.4 is 0 Å². The maximum Gasteiger partial charge on any atom is 0.317 e. The van der Waals surface area contributed by atoms with Crippen molar-refractivity contribution < 1.29 is 19.1 Å². The molecule has 78 valence electrons. The third-order valence-electron chi connectivity index (χ3n) is 1.25. The highest BCUT2D eigenvalue weighted by Gasteiger charge is 2.09. The van der Waals surface area contributed by atoms with Crippen LogP contribution in [0.4, 0.5) is 0 Å². The largest absolute Gasteiger partial charge is 0.469 e. The molecule has 0 aromatic heterocycles. The van der Waals surface area contributed by atoms with Crippen molar-refractivity contribution in [2.75, 3.05) is 20.3 Å². The minimum Gasteiger partial charge on any atom is -0.469 e. The maximum atomic E-state index is 10.8. The molecule has 0 spiro atoms. The fourth-order valence-electron chi connectivity index (χ4n) is 0.607. The molecule has 0 aromatic carbocycles. The van der Waals surface area contributed by atoms with Crippen LogP contribution in [0.3, 0.4) is 0 Å². The Labute approximate surface area is 80.6 Å². The second-order valence-corrected chi connectivity index (χ2v) is 2.28. The maximum absolute atomic E-state index is 10.8. The normalized spacial score (nSPS) is 8.64. The lowest BCUT2D eigenvalue weighted by molar-refractivity contribution is -0.152. The van der Waals surface area contributed by atoms with Crippen LogP contribution in [0, 0.1) is 0 Å². The van der Waals surface area contributed by atoms with Gasteiger partial charge in [0.1, 0.15) is 6.42 Å². The standard InChI is InChI=1S/C7H11N3O4/c1-13-6(11)5-7(12)14-4-2-3-9-10-8/h2-5H2,1H3. The number of ether oxygens (including phenoxy) is 2. The lowest BCUT2D eigenvalue weighted by Gasteiger charge is -2.01. The van der Waals surface area contributed by atoms with E-state index in [2.05, 4.69) is 19.5 Å². The smallest absolute Gasteiger partial charge is 0.317 e. The Hall–Kier alpha value is -1.75. The highest BCUT2D eigenvalue weighted by molar-refractivity contribution is 5.91. The van der Waals surface area contributed by atoms with Gasteiger partial charge in [-0.3, -0.25) is 9.59 Å². The third-order valence-corrected chi connectivity index (χ3v) is 1.25. The number of rotatable bonds is 6. The zero-order valence-electron chi connectivity index (χ0n) is 7.80. The average Bonchev–Trinajstić information content (AvgIpc) is 2.17. The van der Waals surface area contributed by atoms with Gasteiger partial charge in [-0.2, -0.15) is 0 Å². The predicted molar refractivity (Wildman–Crippen MR) is 46.2 cm³/mol. The van der Waals surface area contributed by atoms with E-state index < -0.39 is 18.4 Å². The molecule has 7 nitrogen and oxygen atoms in total. The van der Waals surface area contributed by atoms with Crippen LogP contribution in [-0.4, -0.2) is 32.2 Å². The van der Waals surface area contributed by atoms with Gasteiger partial charge in [-0.15, -0.1) is 0 Å². The number of esters is 2. The van der Waals surface area contributed by atoms with Crippen molar-refractivity contribution in [3.8, 4) is 0 Å². The minimum atomic E-state index is -0.641. The molecular formula is C7H11N3O4. The van der Waals surface area contributed by atoms with Gasteiger partial charge in [-0.25, -0.2) is 0 Å². The molecule has 0 fully saturated rings. The van der Waals surface area contributed by atoms with Gasteiger partial charge < -0.3 is 9.47 Å². The second kappa shape index (κ2) is 7.88. The lowest BCUT2D eigenvalue weighted by atomic mass is 10.4. The fourth-order valence-corrected chi connectivity index (χ4v) is 0.607. The molecule has 0 N–H and O–H groups in total. The Morgan fingerprint density at radius 3 is 2.71 bits per heavy atom. The second-order valence-electron chi connectivity index (χ2n) is 2.28. The van der Waals surface area contributed by atoms with Crippen LogP contribution >= 0.6 is 0 Å². The monoisotopic (exact) mass is 201 g/mol. The fraction of sp³-hybridized carbons (Fsp3) is 0.714. The van der Waals surface area contributed by atoms with E-state index in [4.69, 9.17) is 5.53 Å². The van der Waals surface area contributed by atoms with E-state index in [9.17, 15) is 9.59 Å². The first-order chi connectivity index (χ1) is 6.70. The molecule has 0 rings (SSSR count). The quantitative estimate of drug-likeness (QED) is 0.158. The Kier molecular flexibility index (Phi) is 6.89. The Morgan fingerprint density at radius 2 is 2.14 bits per heavy atom. The van der Waals surface area contributed by atoms with E-state index in [1.165, 1.54) is 7.11 Å². The first kappa shape index (κ1) is 12.2. The summed E-state index contributed by atoms with van der Waals surface area (Å²) >= 11 is 0. The summed E-state index contributed by atoms with van der Waals surface area (Å²) in [5, 5.41) is 3.24. The van der Waals surface area contributed by atoms with E-state index in [-0.39, 0.29) is 13.2 Å². The molecule has 0 aliphatic rings. The van der Waals surface area contributed by atoms with Crippen molar-refractivity contribution >= 4 is 11.9 Å². The number of carbonyl (C=O) groups excluding carboxylic acids is 2. The predicted octanol–water partition coefficient (Wildman–Crippen LogP) is 0.793. The van der Waals surface area contributed by atoms with E-state index in [0.717, 1.165) is 0 Å². The van der Waals surface area contributed by atoms with E-state index >= 15 is 0 Å². The van der Waals surface area contributed by atoms with Gasteiger partial charge >= 0.3 is 11.9 Å². The van der Waals surface area contributed by atoms with E-state index in [1.54, 1.807) is 0 Å². The summed E-state index contributed by atoms with van der Waals surface area (Å²) in [7, 11) is 1.19. The molecule has 0 atom stereocenters. The minimum absolute atomic E-state index is 0.134. The van der Waals surface area contributed by atoms with Gasteiger partial charge in [0.15, 0.2) is 0 Å². The number of hydrogen-bond acceptors (Lipinski definition) is 5. The molecule has 0 amide bonds. The molecule has 0 radical (unpaired) electrons. The number of methoxy groups -OCH3 is 1. The van der Waals surface area contributed by atoms with Crippen molar-refractivity contribution in [2.45, 2.75) is 12.8 Å². The zero-order valence-corrected chi connectivity index (χ0v) is 7.80. The molecule has 0 aliphatic heterocycles. The summed E-state index contributed by atoms with van der Waals surface area (Å²) in [6, 6.07) is 0. The first-order valence-corrected chi connectivity index (χ1v) is 3.94. The number of nitrogens with zero attached hydrogens (tertiary/aromatic N) is 3. The van der Waals surface area contributed by atoms with Gasteiger partial charge in [0.05, 0.1) is 13.7 Å². The van der Waals surface area contributed by atoms with Gasteiger partial charge in [0.2, 0.25) is 0 Å². The van der Waals surface area contributed by atoms with Crippen LogP contribution in [0.1, 0.15) is 12.8 Å². The van der Waals surface area contributed by atoms with Crippen LogP contribution in [0.5, 0.6) is 0 Å². The van der Waals surface area contributed by atoms with Crippen LogP contribution in [0.15, 0.2) is 5.11 Å². The molecule has 0 aromatic rings.